The topological polar surface area (TPSA) is 74.6 Å². The second-order valence-corrected chi connectivity index (χ2v) is 8.48. The van der Waals surface area contributed by atoms with Crippen molar-refractivity contribution in [1.82, 2.24) is 15.5 Å². The highest BCUT2D eigenvalue weighted by molar-refractivity contribution is 5.95. The van der Waals surface area contributed by atoms with Crippen molar-refractivity contribution in [2.75, 3.05) is 14.1 Å². The molecule has 1 aromatic heterocycles. The zero-order chi connectivity index (χ0) is 23.1. The molecule has 3 aromatic rings. The monoisotopic (exact) mass is 433 g/mol. The Balaban J connectivity index is 1.69. The summed E-state index contributed by atoms with van der Waals surface area (Å²) < 4.78 is 5.13. The van der Waals surface area contributed by atoms with E-state index in [9.17, 15) is 9.59 Å². The summed E-state index contributed by atoms with van der Waals surface area (Å²) in [7, 11) is 4.10. The lowest BCUT2D eigenvalue weighted by Gasteiger charge is -2.21. The van der Waals surface area contributed by atoms with Gasteiger partial charge in [0.1, 0.15) is 6.04 Å². The number of hydrogen-bond acceptors (Lipinski definition) is 4. The van der Waals surface area contributed by atoms with Gasteiger partial charge in [-0.15, -0.1) is 0 Å². The van der Waals surface area contributed by atoms with Gasteiger partial charge in [-0.05, 0) is 54.4 Å². The summed E-state index contributed by atoms with van der Waals surface area (Å²) in [6.45, 7) is 5.05. The maximum Gasteiger partial charge on any atom is 0.287 e. The van der Waals surface area contributed by atoms with Crippen LogP contribution in [0.1, 0.15) is 35.5 Å². The van der Waals surface area contributed by atoms with Crippen molar-refractivity contribution in [2.24, 2.45) is 5.92 Å². The van der Waals surface area contributed by atoms with Gasteiger partial charge in [-0.1, -0.05) is 62.4 Å². The maximum atomic E-state index is 12.9. The van der Waals surface area contributed by atoms with Gasteiger partial charge in [-0.25, -0.2) is 0 Å². The van der Waals surface area contributed by atoms with Crippen molar-refractivity contribution in [3.8, 4) is 11.1 Å². The van der Waals surface area contributed by atoms with Gasteiger partial charge in [0, 0.05) is 13.1 Å². The number of nitrogens with one attached hydrogen (secondary N) is 2. The number of rotatable bonds is 9. The van der Waals surface area contributed by atoms with Gasteiger partial charge in [0.2, 0.25) is 5.91 Å². The molecule has 1 heterocycles. The first-order valence-corrected chi connectivity index (χ1v) is 10.8. The summed E-state index contributed by atoms with van der Waals surface area (Å²) in [5, 5.41) is 5.76. The Morgan fingerprint density at radius 1 is 0.969 bits per heavy atom. The lowest BCUT2D eigenvalue weighted by molar-refractivity contribution is -0.124. The molecule has 2 amide bonds. The van der Waals surface area contributed by atoms with Crippen molar-refractivity contribution in [2.45, 2.75) is 33.0 Å². The van der Waals surface area contributed by atoms with Crippen LogP contribution in [0.2, 0.25) is 0 Å². The number of hydrogen-bond donors (Lipinski definition) is 2. The van der Waals surface area contributed by atoms with Gasteiger partial charge >= 0.3 is 0 Å². The summed E-state index contributed by atoms with van der Waals surface area (Å²) in [6.07, 6.45) is 1.43. The highest BCUT2D eigenvalue weighted by Crippen LogP contribution is 2.24. The third-order valence-electron chi connectivity index (χ3n) is 5.21. The Morgan fingerprint density at radius 2 is 1.69 bits per heavy atom. The van der Waals surface area contributed by atoms with E-state index in [2.05, 4.69) is 45.9 Å². The van der Waals surface area contributed by atoms with Gasteiger partial charge in [0.05, 0.1) is 6.26 Å². The van der Waals surface area contributed by atoms with Crippen LogP contribution in [-0.4, -0.2) is 36.9 Å². The van der Waals surface area contributed by atoms with Crippen LogP contribution in [-0.2, 0) is 17.9 Å². The average molecular weight is 434 g/mol. The van der Waals surface area contributed by atoms with E-state index in [1.54, 1.807) is 12.1 Å². The molecule has 168 valence electrons. The first-order valence-electron chi connectivity index (χ1n) is 10.8. The summed E-state index contributed by atoms with van der Waals surface area (Å²) in [4.78, 5) is 27.4. The molecule has 0 aliphatic carbocycles. The Morgan fingerprint density at radius 3 is 2.31 bits per heavy atom. The summed E-state index contributed by atoms with van der Waals surface area (Å²) >= 11 is 0. The molecule has 0 unspecified atom stereocenters. The quantitative estimate of drug-likeness (QED) is 0.533. The molecule has 32 heavy (non-hydrogen) atoms. The molecule has 0 saturated heterocycles. The van der Waals surface area contributed by atoms with E-state index in [0.29, 0.717) is 6.54 Å². The standard InChI is InChI=1S/C26H31N3O3/c1-18(2)24(28-25(30)23-10-7-15-32-23)26(31)27-16-21-8-5-6-9-22(21)20-13-11-19(12-14-20)17-29(3)4/h5-15,18,24H,16-17H2,1-4H3,(H,27,31)(H,28,30)/t24-/m1/s1. The van der Waals surface area contributed by atoms with Crippen LogP contribution in [0.25, 0.3) is 11.1 Å². The molecule has 6 nitrogen and oxygen atoms in total. The van der Waals surface area contributed by atoms with Gasteiger partial charge in [0.15, 0.2) is 5.76 Å². The molecule has 3 rings (SSSR count). The minimum Gasteiger partial charge on any atom is -0.459 e. The van der Waals surface area contributed by atoms with E-state index in [1.165, 1.54) is 11.8 Å². The minimum absolute atomic E-state index is 0.0756. The number of amides is 2. The zero-order valence-corrected chi connectivity index (χ0v) is 19.1. The van der Waals surface area contributed by atoms with Crippen molar-refractivity contribution in [3.63, 3.8) is 0 Å². The molecule has 0 bridgehead atoms. The summed E-state index contributed by atoms with van der Waals surface area (Å²) in [5.74, 6) is -0.516. The van der Waals surface area contributed by atoms with Gasteiger partial charge in [0.25, 0.3) is 5.91 Å². The predicted molar refractivity (Wildman–Crippen MR) is 126 cm³/mol. The minimum atomic E-state index is -0.662. The van der Waals surface area contributed by atoms with Crippen LogP contribution in [0.3, 0.4) is 0 Å². The Kier molecular flexibility index (Phi) is 7.84. The molecular weight excluding hydrogens is 402 g/mol. The van der Waals surface area contributed by atoms with E-state index < -0.39 is 11.9 Å². The van der Waals surface area contributed by atoms with Crippen molar-refractivity contribution in [3.05, 3.63) is 83.8 Å². The first-order chi connectivity index (χ1) is 15.3. The van der Waals surface area contributed by atoms with Crippen LogP contribution in [0, 0.1) is 5.92 Å². The molecule has 1 atom stereocenters. The molecule has 0 aliphatic heterocycles. The Labute approximate surface area is 189 Å². The molecule has 0 aliphatic rings. The lowest BCUT2D eigenvalue weighted by Crippen LogP contribution is -2.49. The number of furan rings is 1. The molecule has 2 aromatic carbocycles. The smallest absolute Gasteiger partial charge is 0.287 e. The molecule has 0 fully saturated rings. The third-order valence-corrected chi connectivity index (χ3v) is 5.21. The fourth-order valence-electron chi connectivity index (χ4n) is 3.56. The van der Waals surface area contributed by atoms with Gasteiger partial charge < -0.3 is 20.0 Å². The molecule has 0 radical (unpaired) electrons. The van der Waals surface area contributed by atoms with Crippen molar-refractivity contribution < 1.29 is 14.0 Å². The maximum absolute atomic E-state index is 12.9. The van der Waals surface area contributed by atoms with Gasteiger partial charge in [-0.2, -0.15) is 0 Å². The second kappa shape index (κ2) is 10.8. The third kappa shape index (κ3) is 6.08. The number of benzene rings is 2. The van der Waals surface area contributed by atoms with E-state index in [4.69, 9.17) is 4.42 Å². The predicted octanol–water partition coefficient (Wildman–Crippen LogP) is 4.08. The lowest BCUT2D eigenvalue weighted by atomic mass is 9.98. The SMILES string of the molecule is CC(C)[C@@H](NC(=O)c1ccco1)C(=O)NCc1ccccc1-c1ccc(CN(C)C)cc1. The largest absolute Gasteiger partial charge is 0.459 e. The van der Waals surface area contributed by atoms with Crippen LogP contribution >= 0.6 is 0 Å². The van der Waals surface area contributed by atoms with Crippen LogP contribution in [0.4, 0.5) is 0 Å². The summed E-state index contributed by atoms with van der Waals surface area (Å²) in [5.41, 5.74) is 4.44. The normalized spacial score (nSPS) is 12.1. The van der Waals surface area contributed by atoms with Crippen LogP contribution < -0.4 is 10.6 Å². The Bertz CT molecular complexity index is 1020. The summed E-state index contributed by atoms with van der Waals surface area (Å²) in [6, 6.07) is 19.1. The van der Waals surface area contributed by atoms with Gasteiger partial charge in [-0.3, -0.25) is 9.59 Å². The van der Waals surface area contributed by atoms with Crippen LogP contribution in [0.15, 0.2) is 71.3 Å². The highest BCUT2D eigenvalue weighted by Gasteiger charge is 2.25. The average Bonchev–Trinajstić information content (AvgIpc) is 3.31. The molecule has 2 N–H and O–H groups in total. The first kappa shape index (κ1) is 23.3. The number of carbonyl (C=O) groups is 2. The van der Waals surface area contributed by atoms with Crippen molar-refractivity contribution >= 4 is 11.8 Å². The molecule has 0 saturated carbocycles. The Hall–Kier alpha value is -3.38. The number of carbonyl (C=O) groups excluding carboxylic acids is 2. The van der Waals surface area contributed by atoms with E-state index in [0.717, 1.165) is 23.2 Å². The molecular formula is C26H31N3O3. The van der Waals surface area contributed by atoms with Crippen LogP contribution in [0.5, 0.6) is 0 Å². The zero-order valence-electron chi connectivity index (χ0n) is 19.1. The highest BCUT2D eigenvalue weighted by atomic mass is 16.3. The molecule has 0 spiro atoms. The van der Waals surface area contributed by atoms with Crippen molar-refractivity contribution in [1.29, 1.82) is 0 Å². The fourth-order valence-corrected chi connectivity index (χ4v) is 3.56. The van der Waals surface area contributed by atoms with E-state index in [1.807, 2.05) is 46.1 Å². The molecule has 6 heteroatoms. The van der Waals surface area contributed by atoms with E-state index >= 15 is 0 Å². The fraction of sp³-hybridized carbons (Fsp3) is 0.308. The number of nitrogens with zero attached hydrogens (tertiary/aromatic N) is 1. The van der Waals surface area contributed by atoms with E-state index in [-0.39, 0.29) is 17.6 Å². The second-order valence-electron chi connectivity index (χ2n) is 8.48.